The third kappa shape index (κ3) is 4.10. The quantitative estimate of drug-likeness (QED) is 0.172. The Morgan fingerprint density at radius 3 is 2.38 bits per heavy atom. The van der Waals surface area contributed by atoms with Crippen LogP contribution in [0.4, 0.5) is 0 Å². The fraction of sp³-hybridized carbons (Fsp3) is 0. The monoisotopic (exact) mass is 711 g/mol. The summed E-state index contributed by atoms with van der Waals surface area (Å²) in [6, 6.07) is 42.8. The van der Waals surface area contributed by atoms with Crippen molar-refractivity contribution in [2.45, 2.75) is 0 Å². The van der Waals surface area contributed by atoms with Crippen molar-refractivity contribution in [3.8, 4) is 33.2 Å². The summed E-state index contributed by atoms with van der Waals surface area (Å²) in [5, 5.41) is 3.32. The van der Waals surface area contributed by atoms with E-state index in [9.17, 15) is 0 Å². The molecule has 4 aromatic heterocycles. The Labute approximate surface area is 249 Å². The Morgan fingerprint density at radius 1 is 0.675 bits per heavy atom. The van der Waals surface area contributed by atoms with Crippen molar-refractivity contribution in [2.75, 3.05) is 0 Å². The Morgan fingerprint density at radius 2 is 1.52 bits per heavy atom. The first-order valence-corrected chi connectivity index (χ1v) is 13.6. The van der Waals surface area contributed by atoms with Crippen molar-refractivity contribution < 1.29 is 21.1 Å². The molecule has 0 amide bonds. The minimum atomic E-state index is 0. The van der Waals surface area contributed by atoms with E-state index in [1.54, 1.807) is 11.3 Å². The molecule has 192 valence electrons. The number of para-hydroxylation sites is 2. The summed E-state index contributed by atoms with van der Waals surface area (Å²) in [4.78, 5) is 9.64. The van der Waals surface area contributed by atoms with Crippen LogP contribution in [-0.2, 0) is 21.1 Å². The van der Waals surface area contributed by atoms with Crippen molar-refractivity contribution in [2.24, 2.45) is 0 Å². The topological polar surface area (TPSA) is 35.6 Å². The maximum Gasteiger partial charge on any atom is 2.00 e. The molecule has 4 aromatic carbocycles. The number of nitrogens with zero attached hydrogens (tertiary/aromatic N) is 4. The van der Waals surface area contributed by atoms with Gasteiger partial charge in [0.15, 0.2) is 0 Å². The normalized spacial score (nSPS) is 11.3. The van der Waals surface area contributed by atoms with Crippen molar-refractivity contribution in [3.63, 3.8) is 0 Å². The summed E-state index contributed by atoms with van der Waals surface area (Å²) >= 11 is 1.70. The molecule has 0 aliphatic rings. The fourth-order valence-electron chi connectivity index (χ4n) is 5.20. The predicted molar refractivity (Wildman–Crippen MR) is 160 cm³/mol. The molecule has 0 aliphatic carbocycles. The molecular formula is C34H20N4PtS. The van der Waals surface area contributed by atoms with Gasteiger partial charge in [-0.1, -0.05) is 41.8 Å². The van der Waals surface area contributed by atoms with Crippen LogP contribution in [0.3, 0.4) is 0 Å². The predicted octanol–water partition coefficient (Wildman–Crippen LogP) is 8.51. The molecule has 0 aliphatic heterocycles. The molecule has 4 heterocycles. The summed E-state index contributed by atoms with van der Waals surface area (Å²) in [6.45, 7) is 0. The molecule has 8 aromatic rings. The minimum absolute atomic E-state index is 0. The maximum atomic E-state index is 4.89. The van der Waals surface area contributed by atoms with Gasteiger partial charge in [0.05, 0.1) is 11.2 Å². The Hall–Kier alpha value is -4.31. The van der Waals surface area contributed by atoms with Crippen molar-refractivity contribution in [1.82, 2.24) is 19.1 Å². The van der Waals surface area contributed by atoms with Gasteiger partial charge in [0, 0.05) is 33.8 Å². The average Bonchev–Trinajstić information content (AvgIpc) is 3.75. The molecule has 0 bridgehead atoms. The summed E-state index contributed by atoms with van der Waals surface area (Å²) in [6.07, 6.45) is 5.93. The van der Waals surface area contributed by atoms with Crippen LogP contribution in [0.1, 0.15) is 0 Å². The van der Waals surface area contributed by atoms with E-state index in [0.717, 1.165) is 55.1 Å². The molecule has 0 fully saturated rings. The van der Waals surface area contributed by atoms with Gasteiger partial charge in [-0.25, -0.2) is 0 Å². The van der Waals surface area contributed by atoms with Gasteiger partial charge in [-0.05, 0) is 58.7 Å². The zero-order valence-corrected chi connectivity index (χ0v) is 24.1. The fourth-order valence-corrected chi connectivity index (χ4v) is 6.14. The number of hydrogen-bond donors (Lipinski definition) is 0. The molecule has 4 nitrogen and oxygen atoms in total. The van der Waals surface area contributed by atoms with Crippen LogP contribution >= 0.6 is 11.3 Å². The van der Waals surface area contributed by atoms with E-state index in [2.05, 4.69) is 95.6 Å². The zero-order chi connectivity index (χ0) is 25.8. The number of thiazole rings is 1. The summed E-state index contributed by atoms with van der Waals surface area (Å²) < 4.78 is 5.48. The molecular weight excluding hydrogens is 692 g/mol. The second kappa shape index (κ2) is 10.0. The number of benzene rings is 4. The Bertz CT molecular complexity index is 2090. The van der Waals surface area contributed by atoms with Gasteiger partial charge in [-0.2, -0.15) is 11.3 Å². The maximum absolute atomic E-state index is 4.89. The third-order valence-corrected chi connectivity index (χ3v) is 8.12. The van der Waals surface area contributed by atoms with E-state index in [0.29, 0.717) is 0 Å². The number of pyridine rings is 1. The van der Waals surface area contributed by atoms with Crippen LogP contribution in [0.25, 0.3) is 65.2 Å². The Kier molecular flexibility index (Phi) is 6.19. The van der Waals surface area contributed by atoms with Crippen LogP contribution in [0, 0.1) is 12.1 Å². The van der Waals surface area contributed by atoms with E-state index in [-0.39, 0.29) is 21.1 Å². The van der Waals surface area contributed by atoms with Gasteiger partial charge in [0.1, 0.15) is 0 Å². The minimum Gasteiger partial charge on any atom is -0.346 e. The first-order valence-electron chi connectivity index (χ1n) is 12.8. The summed E-state index contributed by atoms with van der Waals surface area (Å²) in [5.41, 5.74) is 7.94. The van der Waals surface area contributed by atoms with Crippen LogP contribution in [0.2, 0.25) is 0 Å². The summed E-state index contributed by atoms with van der Waals surface area (Å²) in [5.74, 6) is 0. The van der Waals surface area contributed by atoms with Crippen LogP contribution in [0.5, 0.6) is 0 Å². The molecule has 0 N–H and O–H groups in total. The second-order valence-corrected chi connectivity index (χ2v) is 10.4. The van der Waals surface area contributed by atoms with Gasteiger partial charge in [0.25, 0.3) is 0 Å². The standard InChI is InChI=1S/C34H20N4S.Pt/c1-3-12-31-27(10-1)28-16-14-24(34-36-30-11-2-4-13-33(30)39-34)21-32(28)38(31)25-9-7-8-23(20-25)29-17-15-26(22-35-29)37-18-5-6-19-37;/h1-19,22H;/q-2;+2. The van der Waals surface area contributed by atoms with Gasteiger partial charge in [-0.3, -0.25) is 4.98 Å². The first-order chi connectivity index (χ1) is 19.3. The summed E-state index contributed by atoms with van der Waals surface area (Å²) in [7, 11) is 0. The van der Waals surface area contributed by atoms with Crippen LogP contribution in [-0.4, -0.2) is 19.1 Å². The third-order valence-electron chi connectivity index (χ3n) is 7.05. The average molecular weight is 712 g/mol. The van der Waals surface area contributed by atoms with Gasteiger partial charge in [0.2, 0.25) is 0 Å². The van der Waals surface area contributed by atoms with E-state index in [4.69, 9.17) is 9.97 Å². The zero-order valence-electron chi connectivity index (χ0n) is 21.1. The van der Waals surface area contributed by atoms with E-state index in [1.807, 2.05) is 47.4 Å². The Balaban J connectivity index is 0.00000264. The van der Waals surface area contributed by atoms with Crippen molar-refractivity contribution >= 4 is 43.4 Å². The van der Waals surface area contributed by atoms with E-state index >= 15 is 0 Å². The molecule has 0 atom stereocenters. The molecule has 40 heavy (non-hydrogen) atoms. The van der Waals surface area contributed by atoms with E-state index in [1.165, 1.54) is 10.1 Å². The second-order valence-electron chi connectivity index (χ2n) is 9.42. The van der Waals surface area contributed by atoms with Gasteiger partial charge < -0.3 is 14.1 Å². The molecule has 8 rings (SSSR count). The van der Waals surface area contributed by atoms with Crippen molar-refractivity contribution in [3.05, 3.63) is 134 Å². The molecule has 0 radical (unpaired) electrons. The SMILES string of the molecule is [Pt+2].[c-]1c(-c2ccc(-n3cccc3)cn2)cccc1-n1c2[c-]c(-c3nc4ccccc4s3)ccc2c2ccccc21. The molecule has 0 saturated heterocycles. The number of rotatable bonds is 4. The van der Waals surface area contributed by atoms with E-state index < -0.39 is 0 Å². The number of fused-ring (bicyclic) bond motifs is 4. The van der Waals surface area contributed by atoms with Crippen molar-refractivity contribution in [1.29, 1.82) is 0 Å². The van der Waals surface area contributed by atoms with Gasteiger partial charge in [-0.15, -0.1) is 53.6 Å². The molecule has 0 spiro atoms. The largest absolute Gasteiger partial charge is 2.00 e. The van der Waals surface area contributed by atoms with Crippen LogP contribution < -0.4 is 0 Å². The van der Waals surface area contributed by atoms with Crippen LogP contribution in [0.15, 0.2) is 122 Å². The molecule has 0 unspecified atom stereocenters. The number of hydrogen-bond acceptors (Lipinski definition) is 3. The number of aromatic nitrogens is 4. The van der Waals surface area contributed by atoms with Gasteiger partial charge >= 0.3 is 21.1 Å². The molecule has 6 heteroatoms. The smallest absolute Gasteiger partial charge is 0.346 e. The first kappa shape index (κ1) is 24.7. The molecule has 0 saturated carbocycles.